The van der Waals surface area contributed by atoms with Crippen molar-refractivity contribution in [3.05, 3.63) is 176 Å². The minimum atomic E-state index is 0.650. The van der Waals surface area contributed by atoms with E-state index in [1.165, 1.54) is 30.4 Å². The highest BCUT2D eigenvalue weighted by atomic mass is 32.1. The van der Waals surface area contributed by atoms with Crippen LogP contribution in [0.25, 0.3) is 108 Å². The molecule has 0 atom stereocenters. The Hall–Kier alpha value is -6.93. The molecule has 0 spiro atoms. The van der Waals surface area contributed by atoms with Gasteiger partial charge in [0, 0.05) is 58.1 Å². The van der Waals surface area contributed by atoms with Gasteiger partial charge in [0.2, 0.25) is 0 Å². The summed E-state index contributed by atoms with van der Waals surface area (Å²) in [6, 6.07) is 61.0. The molecule has 262 valence electrons. The van der Waals surface area contributed by atoms with Crippen LogP contribution in [0.5, 0.6) is 0 Å². The Morgan fingerprint density at radius 3 is 1.54 bits per heavy atom. The second kappa shape index (κ2) is 13.4. The zero-order valence-corrected chi connectivity index (χ0v) is 31.4. The average molecular weight is 752 g/mol. The Labute approximate surface area is 330 Å². The maximum Gasteiger partial charge on any atom is 0.164 e. The van der Waals surface area contributed by atoms with Gasteiger partial charge in [-0.2, -0.15) is 0 Å². The van der Waals surface area contributed by atoms with Crippen molar-refractivity contribution < 1.29 is 0 Å². The third-order valence-electron chi connectivity index (χ3n) is 10.2. The van der Waals surface area contributed by atoms with Gasteiger partial charge in [-0.05, 0) is 29.3 Å². The smallest absolute Gasteiger partial charge is 0.164 e. The molecule has 0 saturated carbocycles. The molecule has 0 saturated heterocycles. The average Bonchev–Trinajstić information content (AvgIpc) is 3.85. The van der Waals surface area contributed by atoms with Crippen molar-refractivity contribution in [2.75, 3.05) is 0 Å². The van der Waals surface area contributed by atoms with Crippen LogP contribution in [0.2, 0.25) is 0 Å². The van der Waals surface area contributed by atoms with Crippen LogP contribution in [0.4, 0.5) is 0 Å². The first-order valence-electron chi connectivity index (χ1n) is 18.4. The van der Waals surface area contributed by atoms with E-state index in [-0.39, 0.29) is 0 Å². The van der Waals surface area contributed by atoms with E-state index in [0.717, 1.165) is 60.5 Å². The molecule has 0 amide bonds. The molecule has 7 aromatic carbocycles. The minimum absolute atomic E-state index is 0.650. The van der Waals surface area contributed by atoms with Gasteiger partial charge in [0.1, 0.15) is 0 Å². The van der Waals surface area contributed by atoms with E-state index in [4.69, 9.17) is 24.9 Å². The molecule has 4 heterocycles. The maximum absolute atomic E-state index is 5.24. The number of rotatable bonds is 6. The predicted molar refractivity (Wildman–Crippen MR) is 234 cm³/mol. The lowest BCUT2D eigenvalue weighted by Crippen LogP contribution is -1.99. The highest BCUT2D eigenvalue weighted by Crippen LogP contribution is 2.44. The van der Waals surface area contributed by atoms with E-state index in [0.29, 0.717) is 17.5 Å². The van der Waals surface area contributed by atoms with Crippen molar-refractivity contribution >= 4 is 63.1 Å². The molecule has 0 bridgehead atoms. The Kier molecular flexibility index (Phi) is 7.79. The molecular formula is C49H29N5S2. The second-order valence-corrected chi connectivity index (χ2v) is 15.8. The Bertz CT molecular complexity index is 3190. The van der Waals surface area contributed by atoms with E-state index >= 15 is 0 Å². The Morgan fingerprint density at radius 1 is 0.304 bits per heavy atom. The maximum atomic E-state index is 5.24. The third kappa shape index (κ3) is 5.64. The van der Waals surface area contributed by atoms with Crippen molar-refractivity contribution in [3.8, 4) is 67.9 Å². The summed E-state index contributed by atoms with van der Waals surface area (Å²) in [4.78, 5) is 25.3. The van der Waals surface area contributed by atoms with Gasteiger partial charge in [-0.3, -0.25) is 0 Å². The summed E-state index contributed by atoms with van der Waals surface area (Å²) in [7, 11) is 0. The van der Waals surface area contributed by atoms with Crippen molar-refractivity contribution in [1.82, 2.24) is 24.9 Å². The summed E-state index contributed by atoms with van der Waals surface area (Å²) in [5, 5.41) is 3.59. The molecular weight excluding hydrogens is 723 g/mol. The van der Waals surface area contributed by atoms with Crippen molar-refractivity contribution in [2.24, 2.45) is 0 Å². The van der Waals surface area contributed by atoms with E-state index < -0.39 is 0 Å². The minimum Gasteiger partial charge on any atom is -0.226 e. The summed E-state index contributed by atoms with van der Waals surface area (Å²) >= 11 is 3.56. The molecule has 0 unspecified atom stereocenters. The summed E-state index contributed by atoms with van der Waals surface area (Å²) in [5.41, 5.74) is 9.21. The second-order valence-electron chi connectivity index (χ2n) is 13.7. The van der Waals surface area contributed by atoms with Crippen LogP contribution in [-0.2, 0) is 0 Å². The van der Waals surface area contributed by atoms with Crippen LogP contribution in [0.15, 0.2) is 176 Å². The largest absolute Gasteiger partial charge is 0.226 e. The van der Waals surface area contributed by atoms with Gasteiger partial charge in [0.15, 0.2) is 23.3 Å². The standard InChI is InChI=1S/C49H29N5S2/c1-4-14-30(15-5-1)46-50-42(45-43(51-46)39-22-10-11-25-40(39)55-45)34-21-12-20-33(28-34)36-23-13-24-38-37-27-26-35(29-41(37)56-44(36)38)49-53-47(31-16-6-2-7-17-31)52-48(54-49)32-18-8-3-9-19-32/h1-29H. The molecule has 0 aliphatic carbocycles. The zero-order chi connectivity index (χ0) is 37.0. The summed E-state index contributed by atoms with van der Waals surface area (Å²) in [6.45, 7) is 0. The van der Waals surface area contributed by atoms with Gasteiger partial charge in [-0.1, -0.05) is 158 Å². The lowest BCUT2D eigenvalue weighted by atomic mass is 9.99. The Balaban J connectivity index is 1.04. The first-order chi connectivity index (χ1) is 27.7. The van der Waals surface area contributed by atoms with Crippen LogP contribution in [0.1, 0.15) is 0 Å². The number of hydrogen-bond donors (Lipinski definition) is 0. The molecule has 11 aromatic rings. The van der Waals surface area contributed by atoms with Crippen LogP contribution in [-0.4, -0.2) is 24.9 Å². The highest BCUT2D eigenvalue weighted by Gasteiger charge is 2.19. The number of aromatic nitrogens is 5. The lowest BCUT2D eigenvalue weighted by Gasteiger charge is -2.10. The number of nitrogens with zero attached hydrogens (tertiary/aromatic N) is 5. The van der Waals surface area contributed by atoms with E-state index in [9.17, 15) is 0 Å². The highest BCUT2D eigenvalue weighted by molar-refractivity contribution is 7.26. The fraction of sp³-hybridized carbons (Fsp3) is 0. The monoisotopic (exact) mass is 751 g/mol. The SMILES string of the molecule is c1ccc(-c2nc(-c3ccccc3)nc(-c3ccc4c(c3)sc3c(-c5cccc(-c6nc(-c7ccccc7)nc7c6sc6ccccc67)c5)cccc34)n2)cc1. The van der Waals surface area contributed by atoms with Gasteiger partial charge in [0.25, 0.3) is 0 Å². The van der Waals surface area contributed by atoms with Crippen LogP contribution >= 0.6 is 22.7 Å². The number of thiophene rings is 2. The van der Waals surface area contributed by atoms with Crippen LogP contribution in [0, 0.1) is 0 Å². The molecule has 56 heavy (non-hydrogen) atoms. The van der Waals surface area contributed by atoms with E-state index in [2.05, 4.69) is 97.1 Å². The van der Waals surface area contributed by atoms with Crippen molar-refractivity contribution in [3.63, 3.8) is 0 Å². The molecule has 0 radical (unpaired) electrons. The van der Waals surface area contributed by atoms with Crippen LogP contribution in [0.3, 0.4) is 0 Å². The topological polar surface area (TPSA) is 64.5 Å². The summed E-state index contributed by atoms with van der Waals surface area (Å²) in [6.07, 6.45) is 0. The van der Waals surface area contributed by atoms with Crippen LogP contribution < -0.4 is 0 Å². The van der Waals surface area contributed by atoms with Crippen molar-refractivity contribution in [1.29, 1.82) is 0 Å². The number of fused-ring (bicyclic) bond motifs is 6. The number of benzene rings is 7. The van der Waals surface area contributed by atoms with Gasteiger partial charge in [-0.25, -0.2) is 24.9 Å². The predicted octanol–water partition coefficient (Wildman–Crippen LogP) is 13.4. The zero-order valence-electron chi connectivity index (χ0n) is 29.8. The molecule has 7 heteroatoms. The van der Waals surface area contributed by atoms with Gasteiger partial charge < -0.3 is 0 Å². The molecule has 0 fully saturated rings. The number of hydrogen-bond acceptors (Lipinski definition) is 7. The fourth-order valence-electron chi connectivity index (χ4n) is 7.44. The van der Waals surface area contributed by atoms with E-state index in [1.807, 2.05) is 78.9 Å². The summed E-state index contributed by atoms with van der Waals surface area (Å²) < 4.78 is 4.72. The van der Waals surface area contributed by atoms with Gasteiger partial charge >= 0.3 is 0 Å². The quantitative estimate of drug-likeness (QED) is 0.169. The van der Waals surface area contributed by atoms with E-state index in [1.54, 1.807) is 22.7 Å². The molecule has 4 aromatic heterocycles. The normalized spacial score (nSPS) is 11.6. The molecule has 0 aliphatic rings. The van der Waals surface area contributed by atoms with Gasteiger partial charge in [0.05, 0.1) is 15.9 Å². The van der Waals surface area contributed by atoms with Crippen molar-refractivity contribution in [2.45, 2.75) is 0 Å². The Morgan fingerprint density at radius 2 is 0.839 bits per heavy atom. The molecule has 11 rings (SSSR count). The summed E-state index contributed by atoms with van der Waals surface area (Å²) in [5.74, 6) is 2.69. The van der Waals surface area contributed by atoms with Gasteiger partial charge in [-0.15, -0.1) is 22.7 Å². The lowest BCUT2D eigenvalue weighted by molar-refractivity contribution is 1.07. The third-order valence-corrected chi connectivity index (χ3v) is 12.5. The molecule has 0 aliphatic heterocycles. The molecule has 0 N–H and O–H groups in total. The molecule has 5 nitrogen and oxygen atoms in total. The fourth-order valence-corrected chi connectivity index (χ4v) is 9.87. The first kappa shape index (κ1) is 32.5. The first-order valence-corrected chi connectivity index (χ1v) is 20.0.